The fourth-order valence-corrected chi connectivity index (χ4v) is 2.43. The van der Waals surface area contributed by atoms with Crippen LogP contribution < -0.4 is 11.3 Å². The smallest absolute Gasteiger partial charge is 0.272 e. The van der Waals surface area contributed by atoms with Crippen molar-refractivity contribution in [2.45, 2.75) is 6.92 Å². The third kappa shape index (κ3) is 1.62. The Hall–Kier alpha value is -2.89. The van der Waals surface area contributed by atoms with Crippen LogP contribution in [0.5, 0.6) is 0 Å². The minimum Gasteiger partial charge on any atom is -0.366 e. The number of hydrogen-bond donors (Lipinski definition) is 2. The van der Waals surface area contributed by atoms with Gasteiger partial charge in [-0.1, -0.05) is 0 Å². The van der Waals surface area contributed by atoms with Crippen molar-refractivity contribution in [2.24, 2.45) is 5.73 Å². The van der Waals surface area contributed by atoms with Crippen molar-refractivity contribution in [3.63, 3.8) is 0 Å². The van der Waals surface area contributed by atoms with Crippen LogP contribution in [0.4, 0.5) is 0 Å². The molecule has 0 aliphatic heterocycles. The van der Waals surface area contributed by atoms with E-state index in [-0.39, 0.29) is 5.56 Å². The zero-order valence-electron chi connectivity index (χ0n) is 10.8. The van der Waals surface area contributed by atoms with Crippen molar-refractivity contribution < 1.29 is 4.79 Å². The summed E-state index contributed by atoms with van der Waals surface area (Å²) in [6.07, 6.45) is 3.16. The number of nitrogens with one attached hydrogen (secondary N) is 1. The number of nitrogens with zero attached hydrogens (tertiary/aromatic N) is 2. The summed E-state index contributed by atoms with van der Waals surface area (Å²) in [7, 11) is 0. The Balaban J connectivity index is 2.49. The van der Waals surface area contributed by atoms with Crippen LogP contribution in [0, 0.1) is 6.92 Å². The van der Waals surface area contributed by atoms with Crippen LogP contribution in [-0.4, -0.2) is 20.4 Å². The molecule has 0 unspecified atom stereocenters. The monoisotopic (exact) mass is 268 g/mol. The summed E-state index contributed by atoms with van der Waals surface area (Å²) in [5, 5.41) is 0.640. The standard InChI is InChI=1S/C14H12N4O2/c1-8-11(12(15)19)9-4-2-6-16-13(9)18(8)10-5-3-7-17-14(10)20/h2-7H,1H3,(H2,15,19)(H,17,20). The normalized spacial score (nSPS) is 10.8. The SMILES string of the molecule is Cc1c(C(N)=O)c2cccnc2n1-c1ccc[nH]c1=O. The maximum Gasteiger partial charge on any atom is 0.272 e. The molecule has 20 heavy (non-hydrogen) atoms. The molecule has 3 rings (SSSR count). The Morgan fingerprint density at radius 2 is 2.15 bits per heavy atom. The zero-order chi connectivity index (χ0) is 14.3. The van der Waals surface area contributed by atoms with E-state index in [1.54, 1.807) is 48.1 Å². The molecular weight excluding hydrogens is 256 g/mol. The average Bonchev–Trinajstić information content (AvgIpc) is 2.71. The van der Waals surface area contributed by atoms with Crippen LogP contribution in [-0.2, 0) is 0 Å². The molecule has 1 amide bonds. The summed E-state index contributed by atoms with van der Waals surface area (Å²) in [5.74, 6) is -0.536. The van der Waals surface area contributed by atoms with E-state index in [1.165, 1.54) is 0 Å². The Morgan fingerprint density at radius 1 is 1.35 bits per heavy atom. The number of fused-ring (bicyclic) bond motifs is 1. The molecule has 0 saturated carbocycles. The van der Waals surface area contributed by atoms with E-state index in [2.05, 4.69) is 9.97 Å². The van der Waals surface area contributed by atoms with E-state index >= 15 is 0 Å². The number of hydrogen-bond acceptors (Lipinski definition) is 3. The van der Waals surface area contributed by atoms with Gasteiger partial charge >= 0.3 is 0 Å². The number of carbonyl (C=O) groups is 1. The van der Waals surface area contributed by atoms with Crippen molar-refractivity contribution in [2.75, 3.05) is 0 Å². The van der Waals surface area contributed by atoms with Crippen molar-refractivity contribution >= 4 is 16.9 Å². The lowest BCUT2D eigenvalue weighted by molar-refractivity contribution is 0.100. The number of amides is 1. The van der Waals surface area contributed by atoms with E-state index in [1.807, 2.05) is 0 Å². The fourth-order valence-electron chi connectivity index (χ4n) is 2.43. The second-order valence-electron chi connectivity index (χ2n) is 4.42. The highest BCUT2D eigenvalue weighted by Crippen LogP contribution is 2.25. The van der Waals surface area contributed by atoms with Crippen molar-refractivity contribution in [3.05, 3.63) is 58.3 Å². The van der Waals surface area contributed by atoms with Crippen LogP contribution in [0.1, 0.15) is 16.1 Å². The zero-order valence-corrected chi connectivity index (χ0v) is 10.8. The first-order chi connectivity index (χ1) is 9.61. The molecule has 6 nitrogen and oxygen atoms in total. The third-order valence-corrected chi connectivity index (χ3v) is 3.25. The molecule has 6 heteroatoms. The van der Waals surface area contributed by atoms with Gasteiger partial charge in [0.2, 0.25) is 0 Å². The molecule has 0 saturated heterocycles. The Kier molecular flexibility index (Phi) is 2.64. The van der Waals surface area contributed by atoms with Crippen LogP contribution in [0.3, 0.4) is 0 Å². The molecule has 3 aromatic heterocycles. The first-order valence-corrected chi connectivity index (χ1v) is 6.05. The van der Waals surface area contributed by atoms with Gasteiger partial charge in [0.25, 0.3) is 11.5 Å². The van der Waals surface area contributed by atoms with Gasteiger partial charge in [-0.05, 0) is 31.2 Å². The summed E-state index contributed by atoms with van der Waals surface area (Å²) in [6, 6.07) is 6.89. The number of carbonyl (C=O) groups excluding carboxylic acids is 1. The lowest BCUT2D eigenvalue weighted by Crippen LogP contribution is -2.16. The van der Waals surface area contributed by atoms with E-state index in [9.17, 15) is 9.59 Å². The number of aromatic nitrogens is 3. The highest BCUT2D eigenvalue weighted by molar-refractivity contribution is 6.07. The number of aromatic amines is 1. The highest BCUT2D eigenvalue weighted by atomic mass is 16.1. The maximum atomic E-state index is 12.0. The van der Waals surface area contributed by atoms with E-state index in [0.717, 1.165) is 0 Å². The van der Waals surface area contributed by atoms with Gasteiger partial charge in [0.1, 0.15) is 11.3 Å². The Morgan fingerprint density at radius 3 is 2.85 bits per heavy atom. The van der Waals surface area contributed by atoms with Gasteiger partial charge in [-0.3, -0.25) is 14.2 Å². The number of H-pyrrole nitrogens is 1. The van der Waals surface area contributed by atoms with Gasteiger partial charge < -0.3 is 10.7 Å². The quantitative estimate of drug-likeness (QED) is 0.729. The molecular formula is C14H12N4O2. The van der Waals surface area contributed by atoms with Gasteiger partial charge in [-0.2, -0.15) is 0 Å². The molecule has 0 atom stereocenters. The van der Waals surface area contributed by atoms with Crippen LogP contribution in [0.15, 0.2) is 41.5 Å². The van der Waals surface area contributed by atoms with E-state index in [4.69, 9.17) is 5.73 Å². The Bertz CT molecular complexity index is 876. The molecule has 0 spiro atoms. The molecule has 0 radical (unpaired) electrons. The van der Waals surface area contributed by atoms with Crippen LogP contribution in [0.25, 0.3) is 16.7 Å². The second kappa shape index (κ2) is 4.34. The number of primary amides is 1. The molecule has 3 aromatic rings. The first-order valence-electron chi connectivity index (χ1n) is 6.05. The van der Waals surface area contributed by atoms with Gasteiger partial charge in [-0.25, -0.2) is 4.98 Å². The van der Waals surface area contributed by atoms with E-state index in [0.29, 0.717) is 28.0 Å². The highest BCUT2D eigenvalue weighted by Gasteiger charge is 2.20. The molecule has 3 heterocycles. The molecule has 100 valence electrons. The number of pyridine rings is 2. The largest absolute Gasteiger partial charge is 0.366 e. The topological polar surface area (TPSA) is 93.8 Å². The maximum absolute atomic E-state index is 12.0. The third-order valence-electron chi connectivity index (χ3n) is 3.25. The van der Waals surface area contributed by atoms with Crippen LogP contribution >= 0.6 is 0 Å². The molecule has 0 aromatic carbocycles. The summed E-state index contributed by atoms with van der Waals surface area (Å²) in [6.45, 7) is 1.74. The van der Waals surface area contributed by atoms with Crippen molar-refractivity contribution in [1.82, 2.24) is 14.5 Å². The summed E-state index contributed by atoms with van der Waals surface area (Å²) in [5.41, 5.74) is 7.12. The minimum atomic E-state index is -0.536. The van der Waals surface area contributed by atoms with Gasteiger partial charge in [0.05, 0.1) is 5.56 Å². The molecule has 0 bridgehead atoms. The van der Waals surface area contributed by atoms with Crippen molar-refractivity contribution in [1.29, 1.82) is 0 Å². The average molecular weight is 268 g/mol. The summed E-state index contributed by atoms with van der Waals surface area (Å²) >= 11 is 0. The minimum absolute atomic E-state index is 0.255. The predicted molar refractivity (Wildman–Crippen MR) is 74.9 cm³/mol. The molecule has 0 fully saturated rings. The second-order valence-corrected chi connectivity index (χ2v) is 4.42. The molecule has 0 aliphatic rings. The predicted octanol–water partition coefficient (Wildman–Crippen LogP) is 1.12. The fraction of sp³-hybridized carbons (Fsp3) is 0.0714. The van der Waals surface area contributed by atoms with E-state index < -0.39 is 5.91 Å². The number of nitrogens with two attached hydrogens (primary N) is 1. The first kappa shape index (κ1) is 12.2. The lowest BCUT2D eigenvalue weighted by atomic mass is 10.1. The van der Waals surface area contributed by atoms with Gasteiger partial charge in [0, 0.05) is 23.5 Å². The number of rotatable bonds is 2. The van der Waals surface area contributed by atoms with Crippen molar-refractivity contribution in [3.8, 4) is 5.69 Å². The van der Waals surface area contributed by atoms with Crippen LogP contribution in [0.2, 0.25) is 0 Å². The Labute approximate surface area is 113 Å². The molecule has 3 N–H and O–H groups in total. The van der Waals surface area contributed by atoms with Gasteiger partial charge in [0.15, 0.2) is 0 Å². The van der Waals surface area contributed by atoms with Gasteiger partial charge in [-0.15, -0.1) is 0 Å². The summed E-state index contributed by atoms with van der Waals surface area (Å²) < 4.78 is 1.65. The summed E-state index contributed by atoms with van der Waals surface area (Å²) in [4.78, 5) is 30.5. The lowest BCUT2D eigenvalue weighted by Gasteiger charge is -2.06. The molecule has 0 aliphatic carbocycles.